The normalized spacial score (nSPS) is 12.1. The first-order valence-electron chi connectivity index (χ1n) is 12.2. The fraction of sp³-hybridized carbons (Fsp3) is 0.133. The average molecular weight is 544 g/mol. The van der Waals surface area contributed by atoms with Crippen LogP contribution in [0.25, 0.3) is 0 Å². The smallest absolute Gasteiger partial charge is 0.263 e. The van der Waals surface area contributed by atoms with Crippen LogP contribution in [-0.2, 0) is 21.4 Å². The number of anilines is 1. The van der Waals surface area contributed by atoms with Crippen molar-refractivity contribution >= 4 is 27.8 Å². The maximum Gasteiger partial charge on any atom is 0.263 e. The SMILES string of the molecule is C[C@@H](C(=O)N/N=C\c1ccccc1OCc1ccccc1)N(c1ccc(Oc2ccccc2)cc1)S(C)(=O)=O. The number of para-hydroxylation sites is 2. The lowest BCUT2D eigenvalue weighted by Crippen LogP contribution is -2.46. The largest absolute Gasteiger partial charge is 0.488 e. The zero-order chi connectivity index (χ0) is 27.7. The van der Waals surface area contributed by atoms with E-state index in [-0.39, 0.29) is 0 Å². The van der Waals surface area contributed by atoms with Crippen molar-refractivity contribution in [1.29, 1.82) is 0 Å². The molecule has 0 bridgehead atoms. The van der Waals surface area contributed by atoms with Crippen LogP contribution in [0.15, 0.2) is 114 Å². The molecule has 0 spiro atoms. The highest BCUT2D eigenvalue weighted by Crippen LogP contribution is 2.27. The lowest BCUT2D eigenvalue weighted by Gasteiger charge is -2.27. The number of rotatable bonds is 11. The maximum absolute atomic E-state index is 12.9. The summed E-state index contributed by atoms with van der Waals surface area (Å²) in [5, 5.41) is 4.05. The molecule has 0 aliphatic carbocycles. The van der Waals surface area contributed by atoms with Gasteiger partial charge in [0.25, 0.3) is 5.91 Å². The van der Waals surface area contributed by atoms with E-state index < -0.39 is 22.0 Å². The van der Waals surface area contributed by atoms with Gasteiger partial charge in [0.2, 0.25) is 10.0 Å². The van der Waals surface area contributed by atoms with Gasteiger partial charge in [0.1, 0.15) is 29.9 Å². The predicted octanol–water partition coefficient (Wildman–Crippen LogP) is 5.36. The Labute approximate surface area is 228 Å². The van der Waals surface area contributed by atoms with E-state index >= 15 is 0 Å². The molecular formula is C30H29N3O5S. The molecule has 0 fully saturated rings. The van der Waals surface area contributed by atoms with Gasteiger partial charge in [-0.3, -0.25) is 9.10 Å². The van der Waals surface area contributed by atoms with Crippen molar-refractivity contribution < 1.29 is 22.7 Å². The predicted molar refractivity (Wildman–Crippen MR) is 153 cm³/mol. The fourth-order valence-corrected chi connectivity index (χ4v) is 4.98. The summed E-state index contributed by atoms with van der Waals surface area (Å²) in [4.78, 5) is 12.9. The molecular weight excluding hydrogens is 514 g/mol. The molecule has 0 aliphatic rings. The van der Waals surface area contributed by atoms with Crippen LogP contribution in [0.4, 0.5) is 5.69 Å². The molecule has 1 amide bonds. The van der Waals surface area contributed by atoms with E-state index in [0.717, 1.165) is 16.1 Å². The number of sulfonamides is 1. The molecule has 0 aromatic heterocycles. The number of hydrogen-bond donors (Lipinski definition) is 1. The Balaban J connectivity index is 1.42. The summed E-state index contributed by atoms with van der Waals surface area (Å²) in [5.74, 6) is 1.20. The van der Waals surface area contributed by atoms with Crippen LogP contribution in [0.5, 0.6) is 17.2 Å². The number of amides is 1. The molecule has 8 nitrogen and oxygen atoms in total. The lowest BCUT2D eigenvalue weighted by atomic mass is 10.2. The first-order chi connectivity index (χ1) is 18.8. The molecule has 1 atom stereocenters. The molecule has 4 aromatic rings. The maximum atomic E-state index is 12.9. The van der Waals surface area contributed by atoms with Gasteiger partial charge in [-0.2, -0.15) is 5.10 Å². The van der Waals surface area contributed by atoms with Crippen LogP contribution in [0.1, 0.15) is 18.1 Å². The summed E-state index contributed by atoms with van der Waals surface area (Å²) in [6.07, 6.45) is 2.51. The van der Waals surface area contributed by atoms with Crippen molar-refractivity contribution in [2.75, 3.05) is 10.6 Å². The fourth-order valence-electron chi connectivity index (χ4n) is 3.81. The minimum atomic E-state index is -3.79. The van der Waals surface area contributed by atoms with Crippen molar-refractivity contribution in [1.82, 2.24) is 5.43 Å². The van der Waals surface area contributed by atoms with Crippen molar-refractivity contribution in [3.8, 4) is 17.2 Å². The van der Waals surface area contributed by atoms with Crippen molar-refractivity contribution in [3.63, 3.8) is 0 Å². The van der Waals surface area contributed by atoms with Gasteiger partial charge in [0.15, 0.2) is 0 Å². The van der Waals surface area contributed by atoms with Crippen LogP contribution in [0, 0.1) is 0 Å². The molecule has 39 heavy (non-hydrogen) atoms. The molecule has 9 heteroatoms. The standard InChI is InChI=1S/C30H29N3O5S/c1-23(33(39(2,35)36)26-17-19-28(20-18-26)38-27-14-7-4-8-15-27)30(34)32-31-21-25-13-9-10-16-29(25)37-22-24-11-5-3-6-12-24/h3-21,23H,22H2,1-2H3,(H,32,34)/b31-21-/t23-/m0/s1. The summed E-state index contributed by atoms with van der Waals surface area (Å²) < 4.78 is 38.0. The average Bonchev–Trinajstić information content (AvgIpc) is 2.94. The number of carbonyl (C=O) groups is 1. The Bertz CT molecular complexity index is 1510. The Morgan fingerprint density at radius 1 is 0.872 bits per heavy atom. The van der Waals surface area contributed by atoms with Gasteiger partial charge in [-0.1, -0.05) is 60.7 Å². The van der Waals surface area contributed by atoms with Crippen LogP contribution in [0.3, 0.4) is 0 Å². The highest BCUT2D eigenvalue weighted by Gasteiger charge is 2.29. The van der Waals surface area contributed by atoms with E-state index in [0.29, 0.717) is 35.1 Å². The number of hydrazone groups is 1. The van der Waals surface area contributed by atoms with Gasteiger partial charge in [-0.05, 0) is 61.0 Å². The van der Waals surface area contributed by atoms with Gasteiger partial charge < -0.3 is 9.47 Å². The second-order valence-corrected chi connectivity index (χ2v) is 10.5. The number of hydrogen-bond acceptors (Lipinski definition) is 6. The molecule has 0 radical (unpaired) electrons. The number of benzene rings is 4. The second-order valence-electron chi connectivity index (χ2n) is 8.69. The second kappa shape index (κ2) is 12.7. The molecule has 4 aromatic carbocycles. The van der Waals surface area contributed by atoms with Gasteiger partial charge in [0, 0.05) is 5.56 Å². The highest BCUT2D eigenvalue weighted by molar-refractivity contribution is 7.92. The van der Waals surface area contributed by atoms with E-state index in [1.54, 1.807) is 30.3 Å². The Hall–Kier alpha value is -4.63. The zero-order valence-corrected chi connectivity index (χ0v) is 22.4. The minimum Gasteiger partial charge on any atom is -0.488 e. The van der Waals surface area contributed by atoms with Crippen LogP contribution in [-0.4, -0.2) is 32.8 Å². The number of nitrogens with zero attached hydrogens (tertiary/aromatic N) is 2. The molecule has 0 heterocycles. The van der Waals surface area contributed by atoms with Crippen LogP contribution in [0.2, 0.25) is 0 Å². The number of carbonyl (C=O) groups excluding carboxylic acids is 1. The first kappa shape index (κ1) is 27.4. The molecule has 200 valence electrons. The molecule has 0 saturated heterocycles. The lowest BCUT2D eigenvalue weighted by molar-refractivity contribution is -0.121. The van der Waals surface area contributed by atoms with Crippen molar-refractivity contribution in [2.24, 2.45) is 5.10 Å². The van der Waals surface area contributed by atoms with E-state index in [4.69, 9.17) is 9.47 Å². The van der Waals surface area contributed by atoms with Crippen molar-refractivity contribution in [3.05, 3.63) is 120 Å². The summed E-state index contributed by atoms with van der Waals surface area (Å²) in [7, 11) is -3.79. The van der Waals surface area contributed by atoms with Gasteiger partial charge in [-0.25, -0.2) is 13.8 Å². The first-order valence-corrected chi connectivity index (χ1v) is 14.1. The quantitative estimate of drug-likeness (QED) is 0.203. The third kappa shape index (κ3) is 7.68. The Morgan fingerprint density at radius 3 is 2.13 bits per heavy atom. The topological polar surface area (TPSA) is 97.3 Å². The summed E-state index contributed by atoms with van der Waals surface area (Å²) in [5.41, 5.74) is 4.45. The highest BCUT2D eigenvalue weighted by atomic mass is 32.2. The summed E-state index contributed by atoms with van der Waals surface area (Å²) >= 11 is 0. The van der Waals surface area contributed by atoms with E-state index in [1.165, 1.54) is 13.1 Å². The third-order valence-corrected chi connectivity index (χ3v) is 6.93. The number of ether oxygens (including phenoxy) is 2. The summed E-state index contributed by atoms with van der Waals surface area (Å²) in [6.45, 7) is 1.88. The number of nitrogens with one attached hydrogen (secondary N) is 1. The minimum absolute atomic E-state index is 0.323. The Morgan fingerprint density at radius 2 is 1.46 bits per heavy atom. The third-order valence-electron chi connectivity index (χ3n) is 5.69. The van der Waals surface area contributed by atoms with E-state index in [9.17, 15) is 13.2 Å². The Kier molecular flexibility index (Phi) is 8.96. The molecule has 4 rings (SSSR count). The van der Waals surface area contributed by atoms with Crippen LogP contribution >= 0.6 is 0 Å². The monoisotopic (exact) mass is 543 g/mol. The van der Waals surface area contributed by atoms with E-state index in [1.807, 2.05) is 78.9 Å². The molecule has 0 saturated carbocycles. The molecule has 0 aliphatic heterocycles. The molecule has 1 N–H and O–H groups in total. The van der Waals surface area contributed by atoms with Gasteiger partial charge in [0.05, 0.1) is 18.2 Å². The van der Waals surface area contributed by atoms with E-state index in [2.05, 4.69) is 10.5 Å². The van der Waals surface area contributed by atoms with Crippen molar-refractivity contribution in [2.45, 2.75) is 19.6 Å². The van der Waals surface area contributed by atoms with Gasteiger partial charge in [-0.15, -0.1) is 0 Å². The van der Waals surface area contributed by atoms with Gasteiger partial charge >= 0.3 is 0 Å². The summed E-state index contributed by atoms with van der Waals surface area (Å²) in [6, 6.07) is 31.7. The molecule has 0 unspecified atom stereocenters. The van der Waals surface area contributed by atoms with Crippen LogP contribution < -0.4 is 19.2 Å². The zero-order valence-electron chi connectivity index (χ0n) is 21.6.